The number of rotatable bonds is 3. The second kappa shape index (κ2) is 5.61. The van der Waals surface area contributed by atoms with Crippen LogP contribution in [0.25, 0.3) is 0 Å². The van der Waals surface area contributed by atoms with Crippen LogP contribution in [0.5, 0.6) is 0 Å². The van der Waals surface area contributed by atoms with E-state index in [1.807, 2.05) is 19.1 Å². The van der Waals surface area contributed by atoms with Gasteiger partial charge in [0.25, 0.3) is 5.91 Å². The Bertz CT molecular complexity index is 857. The van der Waals surface area contributed by atoms with Crippen molar-refractivity contribution in [2.24, 2.45) is 0 Å². The first-order chi connectivity index (χ1) is 12.0. The summed E-state index contributed by atoms with van der Waals surface area (Å²) in [6.45, 7) is 1.99. The highest BCUT2D eigenvalue weighted by Crippen LogP contribution is 2.54. The number of aromatic nitrogens is 2. The molecule has 25 heavy (non-hydrogen) atoms. The number of nitrogens with zero attached hydrogens (tertiary/aromatic N) is 3. The van der Waals surface area contributed by atoms with E-state index in [4.69, 9.17) is 0 Å². The summed E-state index contributed by atoms with van der Waals surface area (Å²) >= 11 is 0. The summed E-state index contributed by atoms with van der Waals surface area (Å²) in [4.78, 5) is 34.2. The summed E-state index contributed by atoms with van der Waals surface area (Å²) in [6, 6.07) is 7.09. The zero-order valence-electron chi connectivity index (χ0n) is 13.7. The summed E-state index contributed by atoms with van der Waals surface area (Å²) in [5.41, 5.74) is 1.59. The van der Waals surface area contributed by atoms with E-state index in [2.05, 4.69) is 15.3 Å². The van der Waals surface area contributed by atoms with Gasteiger partial charge in [0.2, 0.25) is 11.9 Å². The third-order valence-corrected chi connectivity index (χ3v) is 4.84. The third kappa shape index (κ3) is 2.65. The van der Waals surface area contributed by atoms with Crippen LogP contribution >= 0.6 is 0 Å². The molecule has 4 rings (SSSR count). The molecule has 1 N–H and O–H groups in total. The molecular weight excluding hydrogens is 323 g/mol. The first-order valence-electron chi connectivity index (χ1n) is 8.11. The van der Waals surface area contributed by atoms with Gasteiger partial charge in [0.1, 0.15) is 12.7 Å². The second-order valence-electron chi connectivity index (χ2n) is 6.66. The minimum absolute atomic E-state index is 0.154. The van der Waals surface area contributed by atoms with E-state index >= 15 is 0 Å². The Morgan fingerprint density at radius 3 is 2.80 bits per heavy atom. The van der Waals surface area contributed by atoms with Crippen molar-refractivity contribution in [3.8, 4) is 0 Å². The smallest absolute Gasteiger partial charge is 0.254 e. The maximum atomic E-state index is 14.2. The molecule has 2 heterocycles. The molecule has 2 aromatic rings. The minimum atomic E-state index is -0.982. The monoisotopic (exact) mass is 340 g/mol. The molecule has 128 valence electrons. The number of nitrogens with one attached hydrogen (secondary N) is 1. The van der Waals surface area contributed by atoms with Crippen molar-refractivity contribution < 1.29 is 14.0 Å². The number of carbonyl (C=O) groups excluding carboxylic acids is 2. The largest absolute Gasteiger partial charge is 0.328 e. The summed E-state index contributed by atoms with van der Waals surface area (Å²) < 4.78 is 14.2. The quantitative estimate of drug-likeness (QED) is 0.925. The van der Waals surface area contributed by atoms with Gasteiger partial charge in [0.15, 0.2) is 0 Å². The summed E-state index contributed by atoms with van der Waals surface area (Å²) in [6.07, 6.45) is 2.43. The first-order valence-corrected chi connectivity index (χ1v) is 8.11. The lowest BCUT2D eigenvalue weighted by Gasteiger charge is -2.34. The number of halogens is 1. The number of fused-ring (bicyclic) bond motifs is 2. The van der Waals surface area contributed by atoms with Crippen LogP contribution < -0.4 is 5.32 Å². The number of anilines is 1. The Balaban J connectivity index is 1.57. The Morgan fingerprint density at radius 2 is 2.12 bits per heavy atom. The van der Waals surface area contributed by atoms with Gasteiger partial charge in [0, 0.05) is 29.9 Å². The lowest BCUT2D eigenvalue weighted by Crippen LogP contribution is -2.47. The van der Waals surface area contributed by atoms with Crippen LogP contribution in [0.15, 0.2) is 36.7 Å². The number of aryl methyl sites for hydroxylation is 1. The molecule has 2 aliphatic rings. The summed E-state index contributed by atoms with van der Waals surface area (Å²) in [5, 5.41) is 2.55. The maximum absolute atomic E-state index is 14.2. The van der Waals surface area contributed by atoms with Crippen molar-refractivity contribution in [3.63, 3.8) is 0 Å². The molecule has 0 unspecified atom stereocenters. The normalized spacial score (nSPS) is 24.2. The van der Waals surface area contributed by atoms with Crippen LogP contribution in [-0.4, -0.2) is 45.9 Å². The molecule has 1 saturated carbocycles. The number of benzene rings is 1. The van der Waals surface area contributed by atoms with Crippen LogP contribution in [-0.2, 0) is 10.2 Å². The standard InChI is InChI=1S/C18H17FN4O2/c1-11-3-4-12-13(7-11)18(8-14(18)19)10-23(16(12)25)9-15(24)22-17-20-5-2-6-21-17/h2-7,14H,8-10H2,1H3,(H,20,21,22,24)/t14-,18-/m0/s1. The third-order valence-electron chi connectivity index (χ3n) is 4.84. The van der Waals surface area contributed by atoms with Crippen LogP contribution in [0, 0.1) is 6.92 Å². The zero-order valence-corrected chi connectivity index (χ0v) is 13.7. The topological polar surface area (TPSA) is 75.2 Å². The van der Waals surface area contributed by atoms with Gasteiger partial charge in [-0.05, 0) is 31.0 Å². The Hall–Kier alpha value is -2.83. The van der Waals surface area contributed by atoms with Crippen molar-refractivity contribution in [1.82, 2.24) is 14.9 Å². The van der Waals surface area contributed by atoms with Crippen molar-refractivity contribution in [3.05, 3.63) is 53.3 Å². The highest BCUT2D eigenvalue weighted by Gasteiger charge is 2.61. The average molecular weight is 340 g/mol. The van der Waals surface area contributed by atoms with E-state index in [1.54, 1.807) is 12.1 Å². The van der Waals surface area contributed by atoms with Crippen molar-refractivity contribution in [2.75, 3.05) is 18.4 Å². The molecule has 1 aliphatic carbocycles. The van der Waals surface area contributed by atoms with E-state index in [0.29, 0.717) is 12.0 Å². The lowest BCUT2D eigenvalue weighted by atomic mass is 9.85. The molecule has 6 nitrogen and oxygen atoms in total. The summed E-state index contributed by atoms with van der Waals surface area (Å²) in [5.74, 6) is -0.470. The Morgan fingerprint density at radius 1 is 1.40 bits per heavy atom. The van der Waals surface area contributed by atoms with E-state index in [-0.39, 0.29) is 24.9 Å². The zero-order chi connectivity index (χ0) is 17.6. The van der Waals surface area contributed by atoms with Crippen LogP contribution in [0.3, 0.4) is 0 Å². The fourth-order valence-electron chi connectivity index (χ4n) is 3.46. The lowest BCUT2D eigenvalue weighted by molar-refractivity contribution is -0.117. The highest BCUT2D eigenvalue weighted by molar-refractivity contribution is 6.01. The fourth-order valence-corrected chi connectivity index (χ4v) is 3.46. The van der Waals surface area contributed by atoms with Crippen molar-refractivity contribution in [2.45, 2.75) is 24.9 Å². The number of hydrogen-bond donors (Lipinski definition) is 1. The number of alkyl halides is 1. The van der Waals surface area contributed by atoms with E-state index in [9.17, 15) is 14.0 Å². The molecule has 1 spiro atoms. The number of carbonyl (C=O) groups is 2. The molecule has 1 aromatic carbocycles. The second-order valence-corrected chi connectivity index (χ2v) is 6.66. The predicted octanol–water partition coefficient (Wildman–Crippen LogP) is 1.86. The molecule has 0 saturated heterocycles. The highest BCUT2D eigenvalue weighted by atomic mass is 19.1. The molecule has 1 aliphatic heterocycles. The molecule has 7 heteroatoms. The van der Waals surface area contributed by atoms with Gasteiger partial charge in [-0.15, -0.1) is 0 Å². The van der Waals surface area contributed by atoms with Gasteiger partial charge >= 0.3 is 0 Å². The number of amides is 2. The molecule has 2 atom stereocenters. The first kappa shape index (κ1) is 15.7. The van der Waals surface area contributed by atoms with Gasteiger partial charge in [0.05, 0.1) is 0 Å². The fraction of sp³-hybridized carbons (Fsp3) is 0.333. The Labute approximate surface area is 144 Å². The average Bonchev–Trinajstić information content (AvgIpc) is 3.23. The Kier molecular flexibility index (Phi) is 3.52. The van der Waals surface area contributed by atoms with Crippen LogP contribution in [0.1, 0.15) is 27.9 Å². The van der Waals surface area contributed by atoms with Gasteiger partial charge in [-0.1, -0.05) is 17.7 Å². The van der Waals surface area contributed by atoms with Gasteiger partial charge < -0.3 is 4.90 Å². The summed E-state index contributed by atoms with van der Waals surface area (Å²) in [7, 11) is 0. The van der Waals surface area contributed by atoms with Crippen LogP contribution in [0.4, 0.5) is 10.3 Å². The SMILES string of the molecule is Cc1ccc2c(c1)[C@]1(C[C@@H]1F)CN(CC(=O)Nc1ncccn1)C2=O. The molecular formula is C18H17FN4O2. The molecule has 1 aromatic heterocycles. The number of hydrogen-bond acceptors (Lipinski definition) is 4. The molecule has 0 radical (unpaired) electrons. The van der Waals surface area contributed by atoms with Crippen molar-refractivity contribution in [1.29, 1.82) is 0 Å². The van der Waals surface area contributed by atoms with E-state index in [1.165, 1.54) is 17.3 Å². The molecule has 0 bridgehead atoms. The van der Waals surface area contributed by atoms with Gasteiger partial charge in [-0.2, -0.15) is 0 Å². The molecule has 1 fully saturated rings. The van der Waals surface area contributed by atoms with E-state index in [0.717, 1.165) is 11.1 Å². The van der Waals surface area contributed by atoms with Gasteiger partial charge in [-0.3, -0.25) is 14.9 Å². The van der Waals surface area contributed by atoms with Crippen LogP contribution in [0.2, 0.25) is 0 Å². The van der Waals surface area contributed by atoms with Gasteiger partial charge in [-0.25, -0.2) is 14.4 Å². The van der Waals surface area contributed by atoms with E-state index < -0.39 is 17.5 Å². The molecule has 2 amide bonds. The maximum Gasteiger partial charge on any atom is 0.254 e. The van der Waals surface area contributed by atoms with Crippen molar-refractivity contribution >= 4 is 17.8 Å². The predicted molar refractivity (Wildman–Crippen MR) is 88.9 cm³/mol. The minimum Gasteiger partial charge on any atom is -0.328 e.